The van der Waals surface area contributed by atoms with E-state index < -0.39 is 0 Å². The molecule has 2 rings (SSSR count). The second-order valence-electron chi connectivity index (χ2n) is 4.47. The number of hydrogen-bond donors (Lipinski definition) is 1. The number of methoxy groups -OCH3 is 1. The summed E-state index contributed by atoms with van der Waals surface area (Å²) in [5.74, 6) is 1.82. The lowest BCUT2D eigenvalue weighted by atomic mass is 10.1. The number of nitrogens with one attached hydrogen (secondary N) is 1. The van der Waals surface area contributed by atoms with Gasteiger partial charge in [0, 0.05) is 25.4 Å². The minimum absolute atomic E-state index is 0.0259. The maximum absolute atomic E-state index is 5.48. The molecule has 0 radical (unpaired) electrons. The molecule has 17 heavy (non-hydrogen) atoms. The van der Waals surface area contributed by atoms with Crippen LogP contribution in [0.25, 0.3) is 0 Å². The second kappa shape index (κ2) is 5.45. The quantitative estimate of drug-likeness (QED) is 0.851. The molecular weight excluding hydrogens is 214 g/mol. The van der Waals surface area contributed by atoms with Crippen molar-refractivity contribution in [2.24, 2.45) is 0 Å². The topological polar surface area (TPSA) is 47.0 Å². The van der Waals surface area contributed by atoms with Crippen molar-refractivity contribution in [1.29, 1.82) is 0 Å². The monoisotopic (exact) mass is 235 g/mol. The Balaban J connectivity index is 2.35. The molecule has 0 fully saturated rings. The number of fused-ring (bicyclic) bond motifs is 1. The lowest BCUT2D eigenvalue weighted by Gasteiger charge is -2.16. The van der Waals surface area contributed by atoms with E-state index in [0.717, 1.165) is 37.3 Å². The predicted molar refractivity (Wildman–Crippen MR) is 68.3 cm³/mol. The Bertz CT molecular complexity index is 392. The van der Waals surface area contributed by atoms with E-state index in [0.29, 0.717) is 0 Å². The van der Waals surface area contributed by atoms with Crippen LogP contribution >= 0.6 is 0 Å². The molecule has 0 amide bonds. The normalized spacial score (nSPS) is 15.7. The van der Waals surface area contributed by atoms with Gasteiger partial charge in [-0.05, 0) is 25.7 Å². The summed E-state index contributed by atoms with van der Waals surface area (Å²) < 4.78 is 5.48. The third-order valence-electron chi connectivity index (χ3n) is 3.31. The fourth-order valence-electron chi connectivity index (χ4n) is 2.42. The Kier molecular flexibility index (Phi) is 3.94. The van der Waals surface area contributed by atoms with Gasteiger partial charge in [-0.3, -0.25) is 0 Å². The van der Waals surface area contributed by atoms with Gasteiger partial charge in [0.1, 0.15) is 11.9 Å². The highest BCUT2D eigenvalue weighted by atomic mass is 16.5. The number of nitrogens with zero attached hydrogens (tertiary/aromatic N) is 2. The van der Waals surface area contributed by atoms with Crippen LogP contribution < -0.4 is 5.32 Å². The van der Waals surface area contributed by atoms with Crippen LogP contribution in [0.5, 0.6) is 0 Å². The van der Waals surface area contributed by atoms with Crippen LogP contribution in [0.3, 0.4) is 0 Å². The SMILES string of the molecule is CCCC(OC)c1nc2c(c(NC)n1)CCC2. The molecular formula is C13H21N3O. The summed E-state index contributed by atoms with van der Waals surface area (Å²) in [6.07, 6.45) is 5.43. The van der Waals surface area contributed by atoms with Crippen molar-refractivity contribution >= 4 is 5.82 Å². The molecule has 94 valence electrons. The Morgan fingerprint density at radius 3 is 2.82 bits per heavy atom. The zero-order valence-electron chi connectivity index (χ0n) is 10.9. The molecule has 0 saturated heterocycles. The van der Waals surface area contributed by atoms with Crippen molar-refractivity contribution in [2.45, 2.75) is 45.1 Å². The van der Waals surface area contributed by atoms with Gasteiger partial charge in [0.2, 0.25) is 0 Å². The molecule has 0 bridgehead atoms. The molecule has 0 spiro atoms. The van der Waals surface area contributed by atoms with E-state index in [4.69, 9.17) is 4.74 Å². The van der Waals surface area contributed by atoms with Crippen molar-refractivity contribution < 1.29 is 4.74 Å². The molecule has 0 aromatic carbocycles. The molecule has 1 aliphatic carbocycles. The first kappa shape index (κ1) is 12.3. The highest BCUT2D eigenvalue weighted by molar-refractivity contribution is 5.48. The van der Waals surface area contributed by atoms with Crippen molar-refractivity contribution in [3.05, 3.63) is 17.1 Å². The van der Waals surface area contributed by atoms with E-state index in [1.807, 2.05) is 7.05 Å². The number of hydrogen-bond acceptors (Lipinski definition) is 4. The predicted octanol–water partition coefficient (Wildman–Crippen LogP) is 2.49. The Morgan fingerprint density at radius 2 is 2.18 bits per heavy atom. The third-order valence-corrected chi connectivity index (χ3v) is 3.31. The highest BCUT2D eigenvalue weighted by Crippen LogP contribution is 2.29. The van der Waals surface area contributed by atoms with Gasteiger partial charge in [0.15, 0.2) is 5.82 Å². The molecule has 0 saturated carbocycles. The lowest BCUT2D eigenvalue weighted by Crippen LogP contribution is -2.11. The van der Waals surface area contributed by atoms with E-state index in [1.165, 1.54) is 17.7 Å². The van der Waals surface area contributed by atoms with Gasteiger partial charge in [-0.15, -0.1) is 0 Å². The zero-order valence-corrected chi connectivity index (χ0v) is 10.9. The van der Waals surface area contributed by atoms with Gasteiger partial charge in [0.25, 0.3) is 0 Å². The zero-order chi connectivity index (χ0) is 12.3. The summed E-state index contributed by atoms with van der Waals surface area (Å²) in [5, 5.41) is 3.18. The first-order chi connectivity index (χ1) is 8.30. The molecule has 1 unspecified atom stereocenters. The average Bonchev–Trinajstić information content (AvgIpc) is 2.82. The number of aryl methyl sites for hydroxylation is 1. The van der Waals surface area contributed by atoms with Gasteiger partial charge >= 0.3 is 0 Å². The molecule has 1 aromatic heterocycles. The lowest BCUT2D eigenvalue weighted by molar-refractivity contribution is 0.0875. The summed E-state index contributed by atoms with van der Waals surface area (Å²) >= 11 is 0. The van der Waals surface area contributed by atoms with E-state index in [9.17, 15) is 0 Å². The molecule has 4 heteroatoms. The van der Waals surface area contributed by atoms with Crippen molar-refractivity contribution in [2.75, 3.05) is 19.5 Å². The average molecular weight is 235 g/mol. The fourth-order valence-corrected chi connectivity index (χ4v) is 2.42. The standard InChI is InChI=1S/C13H21N3O/c1-4-6-11(17-3)13-15-10-8-5-7-9(10)12(14-2)16-13/h11H,4-8H2,1-3H3,(H,14,15,16). The van der Waals surface area contributed by atoms with Crippen LogP contribution in [0, 0.1) is 0 Å². The molecule has 4 nitrogen and oxygen atoms in total. The van der Waals surface area contributed by atoms with Gasteiger partial charge in [-0.25, -0.2) is 9.97 Å². The Labute approximate surface area is 103 Å². The van der Waals surface area contributed by atoms with Crippen LogP contribution in [-0.4, -0.2) is 24.1 Å². The Hall–Kier alpha value is -1.16. The van der Waals surface area contributed by atoms with Gasteiger partial charge in [-0.2, -0.15) is 0 Å². The molecule has 0 aliphatic heterocycles. The number of aromatic nitrogens is 2. The summed E-state index contributed by atoms with van der Waals surface area (Å²) in [5.41, 5.74) is 2.50. The molecule has 1 atom stereocenters. The molecule has 1 N–H and O–H groups in total. The van der Waals surface area contributed by atoms with Gasteiger partial charge in [-0.1, -0.05) is 13.3 Å². The maximum Gasteiger partial charge on any atom is 0.159 e. The first-order valence-corrected chi connectivity index (χ1v) is 6.40. The van der Waals surface area contributed by atoms with Gasteiger partial charge < -0.3 is 10.1 Å². The minimum atomic E-state index is 0.0259. The van der Waals surface area contributed by atoms with Crippen LogP contribution in [0.1, 0.15) is 49.4 Å². The Morgan fingerprint density at radius 1 is 1.35 bits per heavy atom. The van der Waals surface area contributed by atoms with Crippen molar-refractivity contribution in [3.63, 3.8) is 0 Å². The molecule has 1 heterocycles. The highest BCUT2D eigenvalue weighted by Gasteiger charge is 2.22. The van der Waals surface area contributed by atoms with Crippen LogP contribution in [0.4, 0.5) is 5.82 Å². The summed E-state index contributed by atoms with van der Waals surface area (Å²) in [6.45, 7) is 2.15. The van der Waals surface area contributed by atoms with Crippen molar-refractivity contribution in [1.82, 2.24) is 9.97 Å². The van der Waals surface area contributed by atoms with E-state index >= 15 is 0 Å². The molecule has 1 aliphatic rings. The summed E-state index contributed by atoms with van der Waals surface area (Å²) in [7, 11) is 3.66. The van der Waals surface area contributed by atoms with Crippen LogP contribution in [0.15, 0.2) is 0 Å². The third kappa shape index (κ3) is 2.41. The van der Waals surface area contributed by atoms with E-state index in [-0.39, 0.29) is 6.10 Å². The summed E-state index contributed by atoms with van der Waals surface area (Å²) in [4.78, 5) is 9.28. The summed E-state index contributed by atoms with van der Waals surface area (Å²) in [6, 6.07) is 0. The fraction of sp³-hybridized carbons (Fsp3) is 0.692. The second-order valence-corrected chi connectivity index (χ2v) is 4.47. The number of ether oxygens (including phenoxy) is 1. The van der Waals surface area contributed by atoms with Gasteiger partial charge in [0.05, 0.1) is 0 Å². The molecule has 1 aromatic rings. The van der Waals surface area contributed by atoms with E-state index in [1.54, 1.807) is 7.11 Å². The minimum Gasteiger partial charge on any atom is -0.373 e. The van der Waals surface area contributed by atoms with E-state index in [2.05, 4.69) is 22.2 Å². The smallest absolute Gasteiger partial charge is 0.159 e. The number of rotatable bonds is 5. The maximum atomic E-state index is 5.48. The number of anilines is 1. The first-order valence-electron chi connectivity index (χ1n) is 6.40. The van der Waals surface area contributed by atoms with Crippen LogP contribution in [-0.2, 0) is 17.6 Å². The van der Waals surface area contributed by atoms with Crippen molar-refractivity contribution in [3.8, 4) is 0 Å². The largest absolute Gasteiger partial charge is 0.373 e. The van der Waals surface area contributed by atoms with Crippen LogP contribution in [0.2, 0.25) is 0 Å².